The number of aryl methyl sites for hydroxylation is 1. The molecule has 1 amide bonds. The highest BCUT2D eigenvalue weighted by atomic mass is 35.5. The molecule has 1 aromatic heterocycles. The Kier molecular flexibility index (Phi) is 7.28. The van der Waals surface area contributed by atoms with Gasteiger partial charge in [0.25, 0.3) is 0 Å². The molecule has 0 bridgehead atoms. The topological polar surface area (TPSA) is 92.8 Å². The number of halogens is 1. The van der Waals surface area contributed by atoms with Crippen molar-refractivity contribution in [1.29, 1.82) is 0 Å². The average molecular weight is 485 g/mol. The van der Waals surface area contributed by atoms with Crippen LogP contribution in [0, 0.1) is 0 Å². The lowest BCUT2D eigenvalue weighted by molar-refractivity contribution is -0.116. The second-order valence-corrected chi connectivity index (χ2v) is 10.7. The van der Waals surface area contributed by atoms with E-state index in [-0.39, 0.29) is 6.61 Å². The number of nitrogens with one attached hydrogen (secondary N) is 1. The predicted octanol–water partition coefficient (Wildman–Crippen LogP) is 4.25. The molecule has 7 nitrogen and oxygen atoms in total. The molecule has 0 aliphatic heterocycles. The summed E-state index contributed by atoms with van der Waals surface area (Å²) in [4.78, 5) is 26.8. The largest absolute Gasteiger partial charge is 0.462 e. The Hall–Kier alpha value is -2.10. The number of benzene rings is 1. The molecule has 0 fully saturated rings. The zero-order valence-electron chi connectivity index (χ0n) is 17.6. The van der Waals surface area contributed by atoms with Gasteiger partial charge in [0, 0.05) is 9.90 Å². The number of rotatable bonds is 7. The second-order valence-electron chi connectivity index (χ2n) is 7.34. The smallest absolute Gasteiger partial charge is 0.341 e. The number of ether oxygens (including phenoxy) is 1. The lowest BCUT2D eigenvalue weighted by atomic mass is 9.95. The first-order chi connectivity index (χ1) is 14.6. The lowest BCUT2D eigenvalue weighted by Crippen LogP contribution is -2.45. The van der Waals surface area contributed by atoms with E-state index in [0.717, 1.165) is 46.7 Å². The number of carbonyl (C=O) groups is 2. The highest BCUT2D eigenvalue weighted by Gasteiger charge is 2.32. The van der Waals surface area contributed by atoms with Gasteiger partial charge in [-0.3, -0.25) is 9.10 Å². The summed E-state index contributed by atoms with van der Waals surface area (Å²) < 4.78 is 31.2. The molecule has 0 unspecified atom stereocenters. The van der Waals surface area contributed by atoms with E-state index in [1.165, 1.54) is 18.3 Å². The number of anilines is 2. The standard InChI is InChI=1S/C21H25ClN2O5S2/c1-4-29-21(26)18-16-7-5-6-8-17(16)30-20(18)23-19(25)13(2)24(31(3,27)28)15-11-9-14(22)10-12-15/h9-13H,4-8H2,1-3H3,(H,23,25)/t13-/m0/s1. The van der Waals surface area contributed by atoms with E-state index in [9.17, 15) is 18.0 Å². The van der Waals surface area contributed by atoms with Gasteiger partial charge in [-0.15, -0.1) is 11.3 Å². The molecule has 0 spiro atoms. The predicted molar refractivity (Wildman–Crippen MR) is 124 cm³/mol. The van der Waals surface area contributed by atoms with Crippen LogP contribution in [0.2, 0.25) is 5.02 Å². The van der Waals surface area contributed by atoms with E-state index in [2.05, 4.69) is 5.32 Å². The van der Waals surface area contributed by atoms with Crippen LogP contribution < -0.4 is 9.62 Å². The molecule has 31 heavy (non-hydrogen) atoms. The second kappa shape index (κ2) is 9.58. The molecule has 1 aliphatic rings. The quantitative estimate of drug-likeness (QED) is 0.593. The van der Waals surface area contributed by atoms with E-state index in [1.807, 2.05) is 0 Å². The van der Waals surface area contributed by atoms with Crippen molar-refractivity contribution >= 4 is 55.5 Å². The third-order valence-electron chi connectivity index (χ3n) is 5.06. The van der Waals surface area contributed by atoms with Crippen LogP contribution in [0.4, 0.5) is 10.7 Å². The molecule has 3 rings (SSSR count). The molecular weight excluding hydrogens is 460 g/mol. The Morgan fingerprint density at radius 2 is 1.87 bits per heavy atom. The van der Waals surface area contributed by atoms with Crippen LogP contribution in [0.5, 0.6) is 0 Å². The van der Waals surface area contributed by atoms with Crippen LogP contribution in [0.25, 0.3) is 0 Å². The van der Waals surface area contributed by atoms with Crippen molar-refractivity contribution in [3.63, 3.8) is 0 Å². The van der Waals surface area contributed by atoms with Crippen LogP contribution >= 0.6 is 22.9 Å². The summed E-state index contributed by atoms with van der Waals surface area (Å²) in [7, 11) is -3.76. The minimum absolute atomic E-state index is 0.228. The first-order valence-electron chi connectivity index (χ1n) is 10.0. The van der Waals surface area contributed by atoms with Gasteiger partial charge in [-0.1, -0.05) is 11.6 Å². The number of amides is 1. The highest BCUT2D eigenvalue weighted by molar-refractivity contribution is 7.92. The van der Waals surface area contributed by atoms with E-state index >= 15 is 0 Å². The van der Waals surface area contributed by atoms with Gasteiger partial charge in [-0.25, -0.2) is 13.2 Å². The third kappa shape index (κ3) is 5.22. The summed E-state index contributed by atoms with van der Waals surface area (Å²) in [6, 6.07) is 5.16. The number of hydrogen-bond acceptors (Lipinski definition) is 6. The summed E-state index contributed by atoms with van der Waals surface area (Å²) in [5.41, 5.74) is 1.64. The molecule has 1 heterocycles. The number of nitrogens with zero attached hydrogens (tertiary/aromatic N) is 1. The van der Waals surface area contributed by atoms with Crippen LogP contribution in [0.15, 0.2) is 24.3 Å². The highest BCUT2D eigenvalue weighted by Crippen LogP contribution is 2.39. The van der Waals surface area contributed by atoms with Crippen molar-refractivity contribution in [3.05, 3.63) is 45.3 Å². The number of fused-ring (bicyclic) bond motifs is 1. The molecule has 1 aliphatic carbocycles. The fourth-order valence-corrected chi connectivity index (χ4v) is 6.27. The monoisotopic (exact) mass is 484 g/mol. The van der Waals surface area contributed by atoms with E-state index in [0.29, 0.717) is 21.3 Å². The van der Waals surface area contributed by atoms with Crippen LogP contribution in [0.3, 0.4) is 0 Å². The zero-order valence-corrected chi connectivity index (χ0v) is 20.0. The number of hydrogen-bond donors (Lipinski definition) is 1. The molecule has 0 saturated heterocycles. The van der Waals surface area contributed by atoms with Crippen molar-refractivity contribution < 1.29 is 22.7 Å². The molecule has 1 atom stereocenters. The van der Waals surface area contributed by atoms with Gasteiger partial charge in [0.1, 0.15) is 11.0 Å². The summed E-state index contributed by atoms with van der Waals surface area (Å²) in [5, 5.41) is 3.65. The first kappa shape index (κ1) is 23.6. The molecule has 168 valence electrons. The van der Waals surface area contributed by atoms with Gasteiger partial charge in [0.05, 0.1) is 24.1 Å². The number of carbonyl (C=O) groups excluding carboxylic acids is 2. The Labute approximate surface area is 191 Å². The lowest BCUT2D eigenvalue weighted by Gasteiger charge is -2.28. The van der Waals surface area contributed by atoms with Crippen molar-refractivity contribution in [2.45, 2.75) is 45.6 Å². The summed E-state index contributed by atoms with van der Waals surface area (Å²) in [6.45, 7) is 3.46. The molecule has 1 N–H and O–H groups in total. The van der Waals surface area contributed by atoms with Crippen molar-refractivity contribution in [1.82, 2.24) is 0 Å². The Morgan fingerprint density at radius 1 is 1.23 bits per heavy atom. The molecule has 0 saturated carbocycles. The maximum absolute atomic E-state index is 13.1. The summed E-state index contributed by atoms with van der Waals surface area (Å²) >= 11 is 7.27. The van der Waals surface area contributed by atoms with Gasteiger partial charge in [-0.2, -0.15) is 0 Å². The van der Waals surface area contributed by atoms with Crippen LogP contribution in [0.1, 0.15) is 47.5 Å². The maximum Gasteiger partial charge on any atom is 0.341 e. The maximum atomic E-state index is 13.1. The fourth-order valence-electron chi connectivity index (χ4n) is 3.69. The third-order valence-corrected chi connectivity index (χ3v) is 7.76. The van der Waals surface area contributed by atoms with Crippen molar-refractivity contribution in [3.8, 4) is 0 Å². The van der Waals surface area contributed by atoms with E-state index in [1.54, 1.807) is 31.2 Å². The number of sulfonamides is 1. The summed E-state index contributed by atoms with van der Waals surface area (Å²) in [5.74, 6) is -1.01. The fraction of sp³-hybridized carbons (Fsp3) is 0.429. The van der Waals surface area contributed by atoms with Gasteiger partial charge >= 0.3 is 5.97 Å². The van der Waals surface area contributed by atoms with Gasteiger partial charge in [-0.05, 0) is 69.4 Å². The minimum atomic E-state index is -3.76. The first-order valence-corrected chi connectivity index (χ1v) is 13.0. The molecule has 0 radical (unpaired) electrons. The number of thiophene rings is 1. The molecular formula is C21H25ClN2O5S2. The van der Waals surface area contributed by atoms with Gasteiger partial charge in [0.2, 0.25) is 15.9 Å². The van der Waals surface area contributed by atoms with Crippen LogP contribution in [-0.2, 0) is 32.4 Å². The van der Waals surface area contributed by atoms with Crippen molar-refractivity contribution in [2.24, 2.45) is 0 Å². The average Bonchev–Trinajstić information content (AvgIpc) is 3.06. The summed E-state index contributed by atoms with van der Waals surface area (Å²) in [6.07, 6.45) is 4.64. The molecule has 1 aromatic carbocycles. The van der Waals surface area contributed by atoms with Crippen LogP contribution in [-0.4, -0.2) is 39.2 Å². The van der Waals surface area contributed by atoms with Gasteiger partial charge in [0.15, 0.2) is 0 Å². The van der Waals surface area contributed by atoms with E-state index < -0.39 is 27.9 Å². The molecule has 10 heteroatoms. The van der Waals surface area contributed by atoms with Crippen molar-refractivity contribution in [2.75, 3.05) is 22.5 Å². The normalized spacial score (nSPS) is 14.5. The number of esters is 1. The minimum Gasteiger partial charge on any atom is -0.462 e. The molecule has 2 aromatic rings. The Bertz CT molecular complexity index is 1080. The Balaban J connectivity index is 1.93. The zero-order chi connectivity index (χ0) is 22.8. The van der Waals surface area contributed by atoms with E-state index in [4.69, 9.17) is 16.3 Å². The Morgan fingerprint density at radius 3 is 2.48 bits per heavy atom. The SMILES string of the molecule is CCOC(=O)c1c(NC(=O)[C@H](C)N(c2ccc(Cl)cc2)S(C)(=O)=O)sc2c1CCCC2. The van der Waals surface area contributed by atoms with Gasteiger partial charge < -0.3 is 10.1 Å².